The minimum Gasteiger partial charge on any atom is -0.465 e. The maximum atomic E-state index is 12.8. The zero-order valence-corrected chi connectivity index (χ0v) is 21.0. The Kier molecular flexibility index (Phi) is 9.27. The molecule has 2 fully saturated rings. The first-order valence-electron chi connectivity index (χ1n) is 11.1. The zero-order chi connectivity index (χ0) is 24.9. The molecule has 0 aromatic heterocycles. The van der Waals surface area contributed by atoms with E-state index in [2.05, 4.69) is 11.9 Å². The van der Waals surface area contributed by atoms with E-state index >= 15 is 0 Å². The number of hydrogen-bond donors (Lipinski definition) is 1. The van der Waals surface area contributed by atoms with Gasteiger partial charge < -0.3 is 14.8 Å². The lowest BCUT2D eigenvalue weighted by atomic mass is 9.87. The number of amides is 1. The van der Waals surface area contributed by atoms with E-state index in [1.54, 1.807) is 34.6 Å². The van der Waals surface area contributed by atoms with E-state index in [0.29, 0.717) is 12.5 Å². The van der Waals surface area contributed by atoms with Gasteiger partial charge in [0.2, 0.25) is 12.7 Å². The summed E-state index contributed by atoms with van der Waals surface area (Å²) in [6.07, 6.45) is 1.65. The standard InChI is InChI=1S/C22H36NO9P/c1-15-7-8-16(11-15)12-28-17(24)9-10-23-19(25)18-22(5,6)13-30-33(27,32-18)31-14-29-20(26)21(2,3)4/h16,18H,1,7-14H2,2-6H3,(H,23,25)/t16?,18-,33?/m0/s1. The molecule has 1 aliphatic carbocycles. The molecule has 1 heterocycles. The third-order valence-electron chi connectivity index (χ3n) is 5.38. The van der Waals surface area contributed by atoms with Gasteiger partial charge >= 0.3 is 19.8 Å². The molecular formula is C22H36NO9P. The molecular weight excluding hydrogens is 453 g/mol. The molecule has 2 aliphatic rings. The fraction of sp³-hybridized carbons (Fsp3) is 0.773. The van der Waals surface area contributed by atoms with Crippen LogP contribution in [0.4, 0.5) is 0 Å². The van der Waals surface area contributed by atoms with Crippen molar-refractivity contribution >= 4 is 25.7 Å². The van der Waals surface area contributed by atoms with Crippen molar-refractivity contribution < 1.29 is 42.0 Å². The molecule has 3 atom stereocenters. The molecule has 0 aromatic carbocycles. The van der Waals surface area contributed by atoms with Gasteiger partial charge in [0.15, 0.2) is 6.10 Å². The zero-order valence-electron chi connectivity index (χ0n) is 20.1. The number of nitrogens with one attached hydrogen (secondary N) is 1. The highest BCUT2D eigenvalue weighted by molar-refractivity contribution is 7.48. The summed E-state index contributed by atoms with van der Waals surface area (Å²) in [5.74, 6) is -1.21. The van der Waals surface area contributed by atoms with Crippen LogP contribution >= 0.6 is 7.82 Å². The quantitative estimate of drug-likeness (QED) is 0.224. The van der Waals surface area contributed by atoms with Crippen LogP contribution in [0.15, 0.2) is 12.2 Å². The highest BCUT2D eigenvalue weighted by atomic mass is 31.2. The number of hydrogen-bond acceptors (Lipinski definition) is 9. The predicted molar refractivity (Wildman–Crippen MR) is 119 cm³/mol. The predicted octanol–water partition coefficient (Wildman–Crippen LogP) is 3.51. The van der Waals surface area contributed by atoms with Gasteiger partial charge in [-0.3, -0.25) is 23.4 Å². The molecule has 1 N–H and O–H groups in total. The smallest absolute Gasteiger partial charge is 0.465 e. The molecule has 0 aromatic rings. The van der Waals surface area contributed by atoms with Crippen LogP contribution in [0.25, 0.3) is 0 Å². The average Bonchev–Trinajstić information content (AvgIpc) is 3.13. The van der Waals surface area contributed by atoms with Crippen LogP contribution in [-0.4, -0.2) is 50.5 Å². The highest BCUT2D eigenvalue weighted by Crippen LogP contribution is 2.57. The molecule has 1 saturated carbocycles. The van der Waals surface area contributed by atoms with Crippen LogP contribution < -0.4 is 5.32 Å². The fourth-order valence-electron chi connectivity index (χ4n) is 3.28. The van der Waals surface area contributed by atoms with Crippen molar-refractivity contribution in [3.05, 3.63) is 12.2 Å². The van der Waals surface area contributed by atoms with Gasteiger partial charge in [0.05, 0.1) is 25.0 Å². The highest BCUT2D eigenvalue weighted by Gasteiger charge is 2.49. The molecule has 11 heteroatoms. The molecule has 2 unspecified atom stereocenters. The van der Waals surface area contributed by atoms with Gasteiger partial charge in [0, 0.05) is 12.0 Å². The van der Waals surface area contributed by atoms with Crippen molar-refractivity contribution in [1.29, 1.82) is 0 Å². The van der Waals surface area contributed by atoms with Gasteiger partial charge in [-0.2, -0.15) is 0 Å². The molecule has 10 nitrogen and oxygen atoms in total. The SMILES string of the molecule is C=C1CCC(COC(=O)CCNC(=O)[C@@H]2OP(=O)(OCOC(=O)C(C)(C)C)OCC2(C)C)C1. The molecule has 1 saturated heterocycles. The van der Waals surface area contributed by atoms with Crippen molar-refractivity contribution in [3.63, 3.8) is 0 Å². The Hall–Kier alpha value is -1.74. The van der Waals surface area contributed by atoms with Crippen LogP contribution in [-0.2, 0) is 42.0 Å². The fourth-order valence-corrected chi connectivity index (χ4v) is 4.79. The summed E-state index contributed by atoms with van der Waals surface area (Å²) in [4.78, 5) is 36.5. The third-order valence-corrected chi connectivity index (χ3v) is 6.72. The molecule has 33 heavy (non-hydrogen) atoms. The van der Waals surface area contributed by atoms with Crippen molar-refractivity contribution in [3.8, 4) is 0 Å². The van der Waals surface area contributed by atoms with Crippen LogP contribution in [0.1, 0.15) is 60.3 Å². The summed E-state index contributed by atoms with van der Waals surface area (Å²) in [6, 6.07) is 0. The number of phosphoric ester groups is 1. The lowest BCUT2D eigenvalue weighted by Gasteiger charge is -2.39. The summed E-state index contributed by atoms with van der Waals surface area (Å²) in [6.45, 7) is 12.0. The molecule has 0 bridgehead atoms. The van der Waals surface area contributed by atoms with Crippen LogP contribution in [0, 0.1) is 16.7 Å². The minimum absolute atomic E-state index is 0.0000292. The third kappa shape index (κ3) is 8.52. The van der Waals surface area contributed by atoms with Gasteiger partial charge in [0.1, 0.15) is 0 Å². The largest absolute Gasteiger partial charge is 0.478 e. The Bertz CT molecular complexity index is 802. The number of ether oxygens (including phenoxy) is 2. The van der Waals surface area contributed by atoms with Crippen molar-refractivity contribution in [2.24, 2.45) is 16.7 Å². The first-order valence-corrected chi connectivity index (χ1v) is 12.5. The van der Waals surface area contributed by atoms with Gasteiger partial charge in [-0.25, -0.2) is 9.09 Å². The Morgan fingerprint density at radius 2 is 1.94 bits per heavy atom. The van der Waals surface area contributed by atoms with Crippen molar-refractivity contribution in [2.45, 2.75) is 66.4 Å². The van der Waals surface area contributed by atoms with E-state index in [9.17, 15) is 18.9 Å². The van der Waals surface area contributed by atoms with Crippen LogP contribution in [0.3, 0.4) is 0 Å². The second-order valence-corrected chi connectivity index (χ2v) is 11.8. The summed E-state index contributed by atoms with van der Waals surface area (Å²) >= 11 is 0. The molecule has 1 amide bonds. The molecule has 1 aliphatic heterocycles. The molecule has 0 radical (unpaired) electrons. The summed E-state index contributed by atoms with van der Waals surface area (Å²) in [7, 11) is -4.13. The number of rotatable bonds is 9. The Morgan fingerprint density at radius 3 is 2.55 bits per heavy atom. The molecule has 2 rings (SSSR count). The monoisotopic (exact) mass is 489 g/mol. The van der Waals surface area contributed by atoms with E-state index < -0.39 is 49.4 Å². The minimum atomic E-state index is -4.13. The topological polar surface area (TPSA) is 126 Å². The number of carbonyl (C=O) groups excluding carboxylic acids is 3. The van der Waals surface area contributed by atoms with E-state index in [1.165, 1.54) is 5.57 Å². The normalized spacial score (nSPS) is 27.1. The lowest BCUT2D eigenvalue weighted by molar-refractivity contribution is -0.163. The first-order chi connectivity index (χ1) is 15.2. The number of phosphoric acid groups is 1. The van der Waals surface area contributed by atoms with Gasteiger partial charge in [-0.05, 0) is 46.0 Å². The van der Waals surface area contributed by atoms with E-state index in [1.807, 2.05) is 0 Å². The maximum absolute atomic E-state index is 12.8. The summed E-state index contributed by atoms with van der Waals surface area (Å²) in [5, 5.41) is 2.61. The Balaban J connectivity index is 1.79. The number of esters is 2. The Morgan fingerprint density at radius 1 is 1.24 bits per heavy atom. The van der Waals surface area contributed by atoms with Gasteiger partial charge in [-0.1, -0.05) is 26.0 Å². The lowest BCUT2D eigenvalue weighted by Crippen LogP contribution is -2.50. The second-order valence-electron chi connectivity index (χ2n) is 10.2. The maximum Gasteiger partial charge on any atom is 0.478 e. The first kappa shape index (κ1) is 27.5. The number of allylic oxidation sites excluding steroid dienone is 1. The van der Waals surface area contributed by atoms with Crippen LogP contribution in [0.2, 0.25) is 0 Å². The molecule has 0 spiro atoms. The summed E-state index contributed by atoms with van der Waals surface area (Å²) in [5.41, 5.74) is -0.394. The van der Waals surface area contributed by atoms with E-state index in [4.69, 9.17) is 23.0 Å². The average molecular weight is 490 g/mol. The van der Waals surface area contributed by atoms with Crippen molar-refractivity contribution in [2.75, 3.05) is 26.6 Å². The summed E-state index contributed by atoms with van der Waals surface area (Å²) < 4.78 is 38.6. The van der Waals surface area contributed by atoms with Gasteiger partial charge in [-0.15, -0.1) is 0 Å². The van der Waals surface area contributed by atoms with Gasteiger partial charge in [0.25, 0.3) is 0 Å². The second kappa shape index (κ2) is 11.1. The number of carbonyl (C=O) groups is 3. The van der Waals surface area contributed by atoms with E-state index in [-0.39, 0.29) is 19.6 Å². The molecule has 188 valence electrons. The Labute approximate surface area is 195 Å². The van der Waals surface area contributed by atoms with Crippen molar-refractivity contribution in [1.82, 2.24) is 5.32 Å². The van der Waals surface area contributed by atoms with E-state index in [0.717, 1.165) is 19.3 Å². The van der Waals surface area contributed by atoms with Crippen LogP contribution in [0.5, 0.6) is 0 Å².